The molecule has 1 aromatic heterocycles. The first-order chi connectivity index (χ1) is 9.77. The summed E-state index contributed by atoms with van der Waals surface area (Å²) in [5.74, 6) is 0.826. The Morgan fingerprint density at radius 3 is 2.85 bits per heavy atom. The number of nitrogens with one attached hydrogen (secondary N) is 1. The fourth-order valence-electron chi connectivity index (χ4n) is 2.40. The molecule has 1 aliphatic rings. The minimum Gasteiger partial charge on any atom is -0.491 e. The zero-order valence-corrected chi connectivity index (χ0v) is 11.0. The normalized spacial score (nSPS) is 14.1. The van der Waals surface area contributed by atoms with Crippen molar-refractivity contribution in [2.45, 2.75) is 6.42 Å². The van der Waals surface area contributed by atoms with Crippen molar-refractivity contribution in [3.63, 3.8) is 0 Å². The molecule has 0 bridgehead atoms. The zero-order chi connectivity index (χ0) is 13.9. The van der Waals surface area contributed by atoms with Crippen LogP contribution in [0.4, 0.5) is 11.4 Å². The monoisotopic (exact) mass is 268 g/mol. The van der Waals surface area contributed by atoms with Crippen molar-refractivity contribution in [2.24, 2.45) is 5.73 Å². The number of fused-ring (bicyclic) bond motifs is 1. The molecule has 0 saturated carbocycles. The van der Waals surface area contributed by atoms with Crippen LogP contribution >= 0.6 is 0 Å². The van der Waals surface area contributed by atoms with Crippen LogP contribution in [0.5, 0.6) is 5.75 Å². The summed E-state index contributed by atoms with van der Waals surface area (Å²) < 4.78 is 5.75. The number of hydrogen-bond donors (Lipinski definition) is 2. The third-order valence-electron chi connectivity index (χ3n) is 3.27. The van der Waals surface area contributed by atoms with Crippen molar-refractivity contribution < 1.29 is 4.74 Å². The van der Waals surface area contributed by atoms with Gasteiger partial charge in [-0.15, -0.1) is 0 Å². The third kappa shape index (κ3) is 2.18. The highest BCUT2D eigenvalue weighted by molar-refractivity contribution is 5.99. The van der Waals surface area contributed by atoms with E-state index in [2.05, 4.69) is 9.88 Å². The number of aromatic nitrogens is 1. The van der Waals surface area contributed by atoms with E-state index in [1.165, 1.54) is 0 Å². The van der Waals surface area contributed by atoms with Crippen LogP contribution in [-0.2, 0) is 0 Å². The lowest BCUT2D eigenvalue weighted by molar-refractivity contribution is 0.322. The van der Waals surface area contributed by atoms with Crippen LogP contribution in [0.25, 0.3) is 0 Å². The van der Waals surface area contributed by atoms with Gasteiger partial charge in [0.2, 0.25) is 0 Å². The molecule has 3 N–H and O–H groups in total. The Morgan fingerprint density at radius 2 is 2.00 bits per heavy atom. The third-order valence-corrected chi connectivity index (χ3v) is 3.27. The van der Waals surface area contributed by atoms with Gasteiger partial charge in [0.15, 0.2) is 0 Å². The van der Waals surface area contributed by atoms with Gasteiger partial charge in [-0.1, -0.05) is 12.1 Å². The summed E-state index contributed by atoms with van der Waals surface area (Å²) in [5.41, 5.74) is 7.98. The molecule has 1 aliphatic heterocycles. The van der Waals surface area contributed by atoms with Crippen LogP contribution < -0.4 is 15.4 Å². The van der Waals surface area contributed by atoms with E-state index in [1.807, 2.05) is 36.4 Å². The molecule has 0 fully saturated rings. The molecule has 20 heavy (non-hydrogen) atoms. The molecule has 0 unspecified atom stereocenters. The van der Waals surface area contributed by atoms with Gasteiger partial charge in [0.1, 0.15) is 17.3 Å². The first kappa shape index (κ1) is 12.5. The van der Waals surface area contributed by atoms with E-state index in [0.717, 1.165) is 30.1 Å². The summed E-state index contributed by atoms with van der Waals surface area (Å²) in [5, 5.41) is 7.69. The Labute approximate surface area is 117 Å². The molecule has 3 rings (SSSR count). The molecular weight excluding hydrogens is 252 g/mol. The Morgan fingerprint density at radius 1 is 1.20 bits per heavy atom. The molecule has 0 radical (unpaired) electrons. The molecule has 0 amide bonds. The van der Waals surface area contributed by atoms with E-state index in [4.69, 9.17) is 15.9 Å². The van der Waals surface area contributed by atoms with Gasteiger partial charge in [0, 0.05) is 12.7 Å². The van der Waals surface area contributed by atoms with Crippen LogP contribution in [-0.4, -0.2) is 24.0 Å². The van der Waals surface area contributed by atoms with Crippen LogP contribution in [0.2, 0.25) is 0 Å². The predicted molar refractivity (Wildman–Crippen MR) is 78.8 cm³/mol. The first-order valence-corrected chi connectivity index (χ1v) is 6.56. The van der Waals surface area contributed by atoms with Gasteiger partial charge in [-0.2, -0.15) is 0 Å². The van der Waals surface area contributed by atoms with Gasteiger partial charge in [-0.3, -0.25) is 10.4 Å². The summed E-state index contributed by atoms with van der Waals surface area (Å²) in [7, 11) is 0. The highest BCUT2D eigenvalue weighted by Gasteiger charge is 2.20. The van der Waals surface area contributed by atoms with Crippen LogP contribution in [0, 0.1) is 5.41 Å². The Hall–Kier alpha value is -2.56. The van der Waals surface area contributed by atoms with E-state index < -0.39 is 0 Å². The van der Waals surface area contributed by atoms with E-state index in [0.29, 0.717) is 12.3 Å². The molecule has 0 aliphatic carbocycles. The number of benzene rings is 1. The lowest BCUT2D eigenvalue weighted by Gasteiger charge is -2.25. The van der Waals surface area contributed by atoms with E-state index in [-0.39, 0.29) is 5.84 Å². The number of para-hydroxylation sites is 2. The molecule has 0 spiro atoms. The summed E-state index contributed by atoms with van der Waals surface area (Å²) in [6, 6.07) is 11.7. The van der Waals surface area contributed by atoms with Crippen LogP contribution in [0.1, 0.15) is 12.1 Å². The summed E-state index contributed by atoms with van der Waals surface area (Å²) in [6.07, 6.45) is 2.56. The maximum absolute atomic E-state index is 7.69. The highest BCUT2D eigenvalue weighted by Crippen LogP contribution is 2.36. The van der Waals surface area contributed by atoms with Crippen molar-refractivity contribution in [1.82, 2.24) is 4.98 Å². The largest absolute Gasteiger partial charge is 0.491 e. The number of amidine groups is 1. The zero-order valence-electron chi connectivity index (χ0n) is 11.0. The van der Waals surface area contributed by atoms with Gasteiger partial charge in [0.25, 0.3) is 0 Å². The van der Waals surface area contributed by atoms with E-state index >= 15 is 0 Å². The van der Waals surface area contributed by atoms with Crippen LogP contribution in [0.15, 0.2) is 42.6 Å². The predicted octanol–water partition coefficient (Wildman–Crippen LogP) is 2.29. The number of nitrogen functional groups attached to an aromatic ring is 1. The standard InChI is InChI=1S/C15H16N4O/c16-15(17)14-12(6-3-8-18-14)19-9-4-10-20-13-7-2-1-5-11(13)19/h1-3,5-8H,4,9-10H2,(H3,16,17). The smallest absolute Gasteiger partial charge is 0.143 e. The minimum atomic E-state index is -0.0248. The second-order valence-corrected chi connectivity index (χ2v) is 4.61. The molecular formula is C15H16N4O. The molecule has 1 aromatic carbocycles. The van der Waals surface area contributed by atoms with Crippen molar-refractivity contribution in [2.75, 3.05) is 18.1 Å². The SMILES string of the molecule is N=C(N)c1ncccc1N1CCCOc2ccccc21. The van der Waals surface area contributed by atoms with Gasteiger partial charge >= 0.3 is 0 Å². The fourth-order valence-corrected chi connectivity index (χ4v) is 2.40. The average Bonchev–Trinajstić information content (AvgIpc) is 2.69. The van der Waals surface area contributed by atoms with Crippen molar-refractivity contribution in [3.8, 4) is 5.75 Å². The Balaban J connectivity index is 2.13. The first-order valence-electron chi connectivity index (χ1n) is 6.56. The summed E-state index contributed by atoms with van der Waals surface area (Å²) in [4.78, 5) is 6.34. The number of nitrogens with zero attached hydrogens (tertiary/aromatic N) is 2. The number of anilines is 2. The second kappa shape index (κ2) is 5.21. The van der Waals surface area contributed by atoms with E-state index in [1.54, 1.807) is 6.20 Å². The lowest BCUT2D eigenvalue weighted by Crippen LogP contribution is -2.23. The molecule has 0 saturated heterocycles. The Bertz CT molecular complexity index is 641. The van der Waals surface area contributed by atoms with Crippen LogP contribution in [0.3, 0.4) is 0 Å². The lowest BCUT2D eigenvalue weighted by atomic mass is 10.2. The van der Waals surface area contributed by atoms with Crippen molar-refractivity contribution in [1.29, 1.82) is 5.41 Å². The molecule has 0 atom stereocenters. The quantitative estimate of drug-likeness (QED) is 0.647. The number of nitrogens with two attached hydrogens (primary N) is 1. The second-order valence-electron chi connectivity index (χ2n) is 4.61. The topological polar surface area (TPSA) is 75.2 Å². The molecule has 2 heterocycles. The van der Waals surface area contributed by atoms with Gasteiger partial charge in [-0.25, -0.2) is 0 Å². The van der Waals surface area contributed by atoms with E-state index in [9.17, 15) is 0 Å². The number of rotatable bonds is 2. The summed E-state index contributed by atoms with van der Waals surface area (Å²) in [6.45, 7) is 1.49. The fraction of sp³-hybridized carbons (Fsp3) is 0.200. The molecule has 2 aromatic rings. The maximum Gasteiger partial charge on any atom is 0.143 e. The van der Waals surface area contributed by atoms with Gasteiger partial charge in [0.05, 0.1) is 18.0 Å². The van der Waals surface area contributed by atoms with Gasteiger partial charge in [-0.05, 0) is 30.7 Å². The minimum absolute atomic E-state index is 0.0248. The summed E-state index contributed by atoms with van der Waals surface area (Å²) >= 11 is 0. The van der Waals surface area contributed by atoms with Crippen molar-refractivity contribution in [3.05, 3.63) is 48.3 Å². The Kier molecular flexibility index (Phi) is 3.25. The van der Waals surface area contributed by atoms with Gasteiger partial charge < -0.3 is 15.4 Å². The average molecular weight is 268 g/mol. The number of pyridine rings is 1. The number of hydrogen-bond acceptors (Lipinski definition) is 4. The maximum atomic E-state index is 7.69. The number of ether oxygens (including phenoxy) is 1. The molecule has 5 heteroatoms. The molecule has 102 valence electrons. The van der Waals surface area contributed by atoms with Crippen molar-refractivity contribution >= 4 is 17.2 Å². The molecule has 5 nitrogen and oxygen atoms in total. The highest BCUT2D eigenvalue weighted by atomic mass is 16.5.